The van der Waals surface area contributed by atoms with Crippen molar-refractivity contribution in [2.75, 3.05) is 39.8 Å². The zero-order valence-electron chi connectivity index (χ0n) is 12.3. The van der Waals surface area contributed by atoms with E-state index in [4.69, 9.17) is 0 Å². The summed E-state index contributed by atoms with van der Waals surface area (Å²) in [6.45, 7) is 8.76. The van der Waals surface area contributed by atoms with Gasteiger partial charge in [-0.3, -0.25) is 4.90 Å². The Hall–Kier alpha value is -0.120. The Morgan fingerprint density at radius 1 is 1.06 bits per heavy atom. The van der Waals surface area contributed by atoms with Gasteiger partial charge in [0.05, 0.1) is 0 Å². The van der Waals surface area contributed by atoms with E-state index in [1.807, 2.05) is 0 Å². The molecule has 3 heteroatoms. The van der Waals surface area contributed by atoms with Gasteiger partial charge in [0.15, 0.2) is 0 Å². The summed E-state index contributed by atoms with van der Waals surface area (Å²) in [5.74, 6) is 0. The Morgan fingerprint density at radius 2 is 1.89 bits per heavy atom. The molecule has 106 valence electrons. The average Bonchev–Trinajstić information content (AvgIpc) is 2.69. The Bertz CT molecular complexity index is 232. The van der Waals surface area contributed by atoms with E-state index >= 15 is 0 Å². The minimum absolute atomic E-state index is 0.803. The van der Waals surface area contributed by atoms with E-state index in [2.05, 4.69) is 29.1 Å². The Balaban J connectivity index is 1.85. The largest absolute Gasteiger partial charge is 0.318 e. The lowest BCUT2D eigenvalue weighted by Gasteiger charge is -2.32. The quantitative estimate of drug-likeness (QED) is 0.808. The predicted octanol–water partition coefficient (Wildman–Crippen LogP) is 1.93. The van der Waals surface area contributed by atoms with Crippen LogP contribution >= 0.6 is 0 Å². The summed E-state index contributed by atoms with van der Waals surface area (Å²) in [6.07, 6.45) is 8.31. The topological polar surface area (TPSA) is 18.5 Å². The van der Waals surface area contributed by atoms with Crippen molar-refractivity contribution in [2.45, 2.75) is 57.5 Å². The van der Waals surface area contributed by atoms with Gasteiger partial charge in [0.2, 0.25) is 0 Å². The van der Waals surface area contributed by atoms with Gasteiger partial charge in [0.1, 0.15) is 0 Å². The second kappa shape index (κ2) is 7.46. The molecule has 2 atom stereocenters. The molecule has 0 radical (unpaired) electrons. The molecule has 2 fully saturated rings. The molecule has 0 aromatic heterocycles. The van der Waals surface area contributed by atoms with Crippen molar-refractivity contribution in [3.05, 3.63) is 0 Å². The fourth-order valence-electron chi connectivity index (χ4n) is 3.80. The molecule has 0 aliphatic carbocycles. The number of likely N-dealkylation sites (tertiary alicyclic amines) is 2. The molecule has 0 saturated carbocycles. The van der Waals surface area contributed by atoms with Crippen LogP contribution in [0, 0.1) is 0 Å². The molecule has 0 spiro atoms. The molecule has 3 nitrogen and oxygen atoms in total. The maximum Gasteiger partial charge on any atom is 0.0223 e. The summed E-state index contributed by atoms with van der Waals surface area (Å²) in [5.41, 5.74) is 0. The van der Waals surface area contributed by atoms with Crippen molar-refractivity contribution in [3.63, 3.8) is 0 Å². The monoisotopic (exact) mass is 253 g/mol. The van der Waals surface area contributed by atoms with Crippen LogP contribution in [0.3, 0.4) is 0 Å². The molecule has 0 bridgehead atoms. The number of likely N-dealkylation sites (N-methyl/N-ethyl adjacent to an activating group) is 1. The van der Waals surface area contributed by atoms with Crippen LogP contribution in [-0.2, 0) is 0 Å². The molecule has 1 N–H and O–H groups in total. The molecule has 2 heterocycles. The van der Waals surface area contributed by atoms with Gasteiger partial charge < -0.3 is 10.2 Å². The van der Waals surface area contributed by atoms with E-state index < -0.39 is 0 Å². The fourth-order valence-corrected chi connectivity index (χ4v) is 3.80. The number of hydrogen-bond acceptors (Lipinski definition) is 3. The highest BCUT2D eigenvalue weighted by Crippen LogP contribution is 2.25. The first-order valence-electron chi connectivity index (χ1n) is 7.97. The SMILES string of the molecule is CCCN1CCCC(N2CCCC2CNC)CC1. The zero-order valence-corrected chi connectivity index (χ0v) is 12.3. The van der Waals surface area contributed by atoms with Gasteiger partial charge in [0, 0.05) is 18.6 Å². The van der Waals surface area contributed by atoms with Crippen molar-refractivity contribution in [1.29, 1.82) is 0 Å². The second-order valence-corrected chi connectivity index (χ2v) is 6.02. The fraction of sp³-hybridized carbons (Fsp3) is 1.00. The third kappa shape index (κ3) is 3.69. The van der Waals surface area contributed by atoms with Crippen LogP contribution in [0.1, 0.15) is 45.4 Å². The highest BCUT2D eigenvalue weighted by Gasteiger charge is 2.31. The molecule has 2 rings (SSSR count). The van der Waals surface area contributed by atoms with Crippen LogP contribution in [0.15, 0.2) is 0 Å². The van der Waals surface area contributed by atoms with Crippen molar-refractivity contribution < 1.29 is 0 Å². The van der Waals surface area contributed by atoms with Gasteiger partial charge in [-0.1, -0.05) is 6.92 Å². The predicted molar refractivity (Wildman–Crippen MR) is 78.0 cm³/mol. The third-order valence-corrected chi connectivity index (χ3v) is 4.66. The normalized spacial score (nSPS) is 31.7. The number of nitrogens with one attached hydrogen (secondary N) is 1. The average molecular weight is 253 g/mol. The number of nitrogens with zero attached hydrogens (tertiary/aromatic N) is 2. The van der Waals surface area contributed by atoms with E-state index in [-0.39, 0.29) is 0 Å². The minimum atomic E-state index is 0.803. The van der Waals surface area contributed by atoms with Crippen LogP contribution < -0.4 is 5.32 Å². The first-order valence-corrected chi connectivity index (χ1v) is 7.97. The van der Waals surface area contributed by atoms with Crippen LogP contribution in [0.2, 0.25) is 0 Å². The molecular formula is C15H31N3. The summed E-state index contributed by atoms with van der Waals surface area (Å²) in [6, 6.07) is 1.66. The lowest BCUT2D eigenvalue weighted by molar-refractivity contribution is 0.160. The number of hydrogen-bond donors (Lipinski definition) is 1. The molecule has 2 aliphatic rings. The van der Waals surface area contributed by atoms with E-state index in [1.54, 1.807) is 0 Å². The molecule has 18 heavy (non-hydrogen) atoms. The van der Waals surface area contributed by atoms with Gasteiger partial charge in [0.25, 0.3) is 0 Å². The first kappa shape index (κ1) is 14.3. The summed E-state index contributed by atoms with van der Waals surface area (Å²) in [4.78, 5) is 5.48. The van der Waals surface area contributed by atoms with E-state index in [1.165, 1.54) is 71.2 Å². The zero-order chi connectivity index (χ0) is 12.8. The van der Waals surface area contributed by atoms with Crippen LogP contribution in [0.5, 0.6) is 0 Å². The summed E-state index contributed by atoms with van der Waals surface area (Å²) in [5, 5.41) is 3.37. The van der Waals surface area contributed by atoms with Gasteiger partial charge >= 0.3 is 0 Å². The third-order valence-electron chi connectivity index (χ3n) is 4.66. The maximum atomic E-state index is 3.37. The molecule has 0 aromatic carbocycles. The lowest BCUT2D eigenvalue weighted by atomic mass is 10.1. The molecule has 0 amide bonds. The maximum absolute atomic E-state index is 3.37. The molecule has 0 aromatic rings. The first-order chi connectivity index (χ1) is 8.85. The smallest absolute Gasteiger partial charge is 0.0223 e. The van der Waals surface area contributed by atoms with Gasteiger partial charge in [-0.15, -0.1) is 0 Å². The van der Waals surface area contributed by atoms with Crippen LogP contribution in [-0.4, -0.2) is 61.7 Å². The van der Waals surface area contributed by atoms with Crippen LogP contribution in [0.25, 0.3) is 0 Å². The standard InChI is InChI=1S/C15H31N3/c1-3-9-17-10-4-6-14(8-12-17)18-11-5-7-15(18)13-16-2/h14-16H,3-13H2,1-2H3. The van der Waals surface area contributed by atoms with Crippen molar-refractivity contribution >= 4 is 0 Å². The molecule has 2 aliphatic heterocycles. The summed E-state index contributed by atoms with van der Waals surface area (Å²) < 4.78 is 0. The van der Waals surface area contributed by atoms with Gasteiger partial charge in [-0.25, -0.2) is 0 Å². The molecular weight excluding hydrogens is 222 g/mol. The van der Waals surface area contributed by atoms with Gasteiger partial charge in [-0.05, 0) is 71.8 Å². The molecule has 2 unspecified atom stereocenters. The van der Waals surface area contributed by atoms with E-state index in [9.17, 15) is 0 Å². The van der Waals surface area contributed by atoms with E-state index in [0.717, 1.165) is 12.1 Å². The molecule has 2 saturated heterocycles. The lowest BCUT2D eigenvalue weighted by Crippen LogP contribution is -2.43. The van der Waals surface area contributed by atoms with Crippen molar-refractivity contribution in [2.24, 2.45) is 0 Å². The Morgan fingerprint density at radius 3 is 2.67 bits per heavy atom. The van der Waals surface area contributed by atoms with Crippen LogP contribution in [0.4, 0.5) is 0 Å². The van der Waals surface area contributed by atoms with Crippen molar-refractivity contribution in [3.8, 4) is 0 Å². The number of rotatable bonds is 5. The van der Waals surface area contributed by atoms with Crippen molar-refractivity contribution in [1.82, 2.24) is 15.1 Å². The Kier molecular flexibility index (Phi) is 5.93. The van der Waals surface area contributed by atoms with E-state index in [0.29, 0.717) is 0 Å². The Labute approximate surface area is 113 Å². The van der Waals surface area contributed by atoms with Gasteiger partial charge in [-0.2, -0.15) is 0 Å². The second-order valence-electron chi connectivity index (χ2n) is 6.02. The highest BCUT2D eigenvalue weighted by atomic mass is 15.2. The minimum Gasteiger partial charge on any atom is -0.318 e. The highest BCUT2D eigenvalue weighted by molar-refractivity contribution is 4.87. The summed E-state index contributed by atoms with van der Waals surface area (Å²) in [7, 11) is 2.09. The summed E-state index contributed by atoms with van der Waals surface area (Å²) >= 11 is 0.